The minimum atomic E-state index is -4.55. The number of fused-ring (bicyclic) bond motifs is 1. The molecule has 2 aliphatic heterocycles. The first-order valence-corrected chi connectivity index (χ1v) is 13.0. The number of imidazole rings is 1. The molecule has 10 nitrogen and oxygen atoms in total. The van der Waals surface area contributed by atoms with E-state index in [1.807, 2.05) is 35.7 Å². The maximum absolute atomic E-state index is 13.8. The molecule has 4 heterocycles. The monoisotopic (exact) mass is 563 g/mol. The van der Waals surface area contributed by atoms with Crippen molar-refractivity contribution in [2.45, 2.75) is 13.1 Å². The summed E-state index contributed by atoms with van der Waals surface area (Å²) in [6.45, 7) is 4.59. The number of hydrogen-bond acceptors (Lipinski definition) is 8. The Morgan fingerprint density at radius 2 is 1.85 bits per heavy atom. The molecule has 0 saturated carbocycles. The van der Waals surface area contributed by atoms with E-state index in [9.17, 15) is 18.0 Å². The fourth-order valence-electron chi connectivity index (χ4n) is 4.92. The molecule has 4 aromatic rings. The number of rotatable bonds is 5. The van der Waals surface area contributed by atoms with Crippen molar-refractivity contribution in [1.29, 1.82) is 0 Å². The number of likely N-dealkylation sites (N-methyl/N-ethyl adjacent to an activating group) is 1. The Labute approximate surface area is 234 Å². The number of carbonyl (C=O) groups excluding carboxylic acids is 1. The molecule has 2 aliphatic rings. The highest BCUT2D eigenvalue weighted by molar-refractivity contribution is 6.05. The van der Waals surface area contributed by atoms with Gasteiger partial charge in [0.05, 0.1) is 41.2 Å². The van der Waals surface area contributed by atoms with Crippen molar-refractivity contribution in [2.75, 3.05) is 48.5 Å². The Balaban J connectivity index is 1.25. The Bertz CT molecular complexity index is 1640. The van der Waals surface area contributed by atoms with Crippen LogP contribution in [0.25, 0.3) is 11.3 Å². The lowest BCUT2D eigenvalue weighted by Crippen LogP contribution is -2.44. The number of anilines is 3. The van der Waals surface area contributed by atoms with E-state index in [-0.39, 0.29) is 5.69 Å². The summed E-state index contributed by atoms with van der Waals surface area (Å²) in [6, 6.07) is 8.83. The van der Waals surface area contributed by atoms with Gasteiger partial charge < -0.3 is 15.1 Å². The van der Waals surface area contributed by atoms with Crippen molar-refractivity contribution in [3.63, 3.8) is 0 Å². The van der Waals surface area contributed by atoms with Crippen LogP contribution >= 0.6 is 0 Å². The van der Waals surface area contributed by atoms with Crippen molar-refractivity contribution in [2.24, 2.45) is 0 Å². The van der Waals surface area contributed by atoms with Crippen LogP contribution in [0.1, 0.15) is 27.2 Å². The molecule has 0 radical (unpaired) electrons. The first-order chi connectivity index (χ1) is 19.7. The Morgan fingerprint density at radius 1 is 1.05 bits per heavy atom. The maximum Gasteiger partial charge on any atom is 0.416 e. The normalized spacial score (nSPS) is 16.2. The minimum absolute atomic E-state index is 0.0890. The van der Waals surface area contributed by atoms with Crippen LogP contribution in [0.5, 0.6) is 0 Å². The summed E-state index contributed by atoms with van der Waals surface area (Å²) in [5, 5.41) is 4.42. The van der Waals surface area contributed by atoms with Gasteiger partial charge in [-0.2, -0.15) is 13.2 Å². The van der Waals surface area contributed by atoms with Gasteiger partial charge in [-0.15, -0.1) is 5.53 Å². The molecule has 0 atom stereocenters. The standard InChI is InChI=1S/C28H28F3N9O/c1-18-3-4-19(11-24(18)40-17-23(35-36-40)25-15-33-26-16-32-5-6-39(25)26)27(41)34-21-12-20(28(29,30)31)13-22(14-21)38-9-7-37(2)8-10-38/h3-6,11-17,35-36H,7-10H2,1-2H3,(H,34,41). The molecule has 0 bridgehead atoms. The summed E-state index contributed by atoms with van der Waals surface area (Å²) >= 11 is 0. The molecule has 0 aliphatic carbocycles. The summed E-state index contributed by atoms with van der Waals surface area (Å²) in [6.07, 6.45) is 4.15. The summed E-state index contributed by atoms with van der Waals surface area (Å²) in [5.74, 6) is -0.513. The highest BCUT2D eigenvalue weighted by Gasteiger charge is 2.32. The lowest BCUT2D eigenvalue weighted by Gasteiger charge is -2.34. The number of nitrogens with one attached hydrogen (secondary N) is 3. The molecular weight excluding hydrogens is 535 g/mol. The van der Waals surface area contributed by atoms with Gasteiger partial charge in [0.25, 0.3) is 5.91 Å². The third-order valence-corrected chi connectivity index (χ3v) is 7.26. The topological polar surface area (TPSA) is 93.1 Å². The van der Waals surface area contributed by atoms with Crippen LogP contribution in [-0.4, -0.2) is 58.4 Å². The molecule has 41 heavy (non-hydrogen) atoms. The summed E-state index contributed by atoms with van der Waals surface area (Å²) in [5.41, 5.74) is 10.0. The molecule has 212 valence electrons. The minimum Gasteiger partial charge on any atom is -0.369 e. The summed E-state index contributed by atoms with van der Waals surface area (Å²) in [7, 11) is 1.98. The lowest BCUT2D eigenvalue weighted by molar-refractivity contribution is -0.137. The zero-order chi connectivity index (χ0) is 28.7. The number of alkyl halides is 3. The van der Waals surface area contributed by atoms with Crippen molar-refractivity contribution in [3.05, 3.63) is 89.8 Å². The molecule has 1 saturated heterocycles. The van der Waals surface area contributed by atoms with Crippen molar-refractivity contribution in [1.82, 2.24) is 30.2 Å². The number of carbonyl (C=O) groups is 1. The second kappa shape index (κ2) is 10.4. The third-order valence-electron chi connectivity index (χ3n) is 7.26. The maximum atomic E-state index is 13.8. The number of halogens is 3. The largest absolute Gasteiger partial charge is 0.416 e. The quantitative estimate of drug-likeness (QED) is 0.337. The van der Waals surface area contributed by atoms with Gasteiger partial charge in [0.1, 0.15) is 0 Å². The van der Waals surface area contributed by atoms with Gasteiger partial charge in [-0.1, -0.05) is 6.07 Å². The molecule has 1 amide bonds. The SMILES string of the molecule is Cc1ccc(C(=O)Nc2cc(N3CCN(C)CC3)cc(C(F)(F)F)c2)cc1N1C=C(c2cnc3cnccn23)NN1. The second-order valence-corrected chi connectivity index (χ2v) is 10.1. The van der Waals surface area contributed by atoms with E-state index < -0.39 is 17.6 Å². The van der Waals surface area contributed by atoms with Crippen LogP contribution in [0.3, 0.4) is 0 Å². The average Bonchev–Trinajstić information content (AvgIpc) is 3.60. The van der Waals surface area contributed by atoms with E-state index in [2.05, 4.69) is 31.1 Å². The zero-order valence-corrected chi connectivity index (χ0v) is 22.4. The van der Waals surface area contributed by atoms with Crippen LogP contribution in [-0.2, 0) is 6.18 Å². The highest BCUT2D eigenvalue weighted by atomic mass is 19.4. The molecule has 2 aromatic carbocycles. The molecule has 2 aromatic heterocycles. The van der Waals surface area contributed by atoms with Crippen LogP contribution in [0.2, 0.25) is 0 Å². The highest BCUT2D eigenvalue weighted by Crippen LogP contribution is 2.35. The molecular formula is C28H28F3N9O. The van der Waals surface area contributed by atoms with Gasteiger partial charge in [-0.05, 0) is 49.9 Å². The van der Waals surface area contributed by atoms with Gasteiger partial charge >= 0.3 is 6.18 Å². The number of hydrazine groups is 2. The van der Waals surface area contributed by atoms with Gasteiger partial charge in [0, 0.05) is 55.5 Å². The van der Waals surface area contributed by atoms with E-state index in [1.54, 1.807) is 47.9 Å². The molecule has 13 heteroatoms. The number of hydrogen-bond donors (Lipinski definition) is 3. The number of aromatic nitrogens is 3. The van der Waals surface area contributed by atoms with Crippen molar-refractivity contribution < 1.29 is 18.0 Å². The van der Waals surface area contributed by atoms with Gasteiger partial charge in [-0.3, -0.25) is 24.6 Å². The van der Waals surface area contributed by atoms with Crippen molar-refractivity contribution >= 4 is 34.3 Å². The number of amides is 1. The number of piperazine rings is 1. The third kappa shape index (κ3) is 5.41. The molecule has 0 unspecified atom stereocenters. The van der Waals surface area contributed by atoms with Crippen molar-refractivity contribution in [3.8, 4) is 0 Å². The molecule has 1 fully saturated rings. The fourth-order valence-corrected chi connectivity index (χ4v) is 4.92. The Hall–Kier alpha value is -4.62. The van der Waals surface area contributed by atoms with Crippen LogP contribution < -0.4 is 26.2 Å². The Morgan fingerprint density at radius 3 is 2.63 bits per heavy atom. The van der Waals surface area contributed by atoms with Crippen LogP contribution in [0.4, 0.5) is 30.2 Å². The van der Waals surface area contributed by atoms with Crippen LogP contribution in [0.15, 0.2) is 67.4 Å². The van der Waals surface area contributed by atoms with Gasteiger partial charge in [0.2, 0.25) is 0 Å². The second-order valence-electron chi connectivity index (χ2n) is 10.1. The first-order valence-electron chi connectivity index (χ1n) is 13.0. The zero-order valence-electron chi connectivity index (χ0n) is 22.4. The lowest BCUT2D eigenvalue weighted by atomic mass is 10.1. The molecule has 6 rings (SSSR count). The van der Waals surface area contributed by atoms with E-state index in [4.69, 9.17) is 0 Å². The predicted octanol–water partition coefficient (Wildman–Crippen LogP) is 3.89. The summed E-state index contributed by atoms with van der Waals surface area (Å²) in [4.78, 5) is 25.8. The van der Waals surface area contributed by atoms with Gasteiger partial charge in [-0.25, -0.2) is 4.98 Å². The number of benzene rings is 2. The number of aryl methyl sites for hydroxylation is 1. The smallest absolute Gasteiger partial charge is 0.369 e. The average molecular weight is 564 g/mol. The van der Waals surface area contributed by atoms with Gasteiger partial charge in [0.15, 0.2) is 5.65 Å². The van der Waals surface area contributed by atoms with Crippen LogP contribution in [0, 0.1) is 6.92 Å². The first kappa shape index (κ1) is 26.6. The predicted molar refractivity (Wildman–Crippen MR) is 150 cm³/mol. The van der Waals surface area contributed by atoms with E-state index in [0.717, 1.165) is 42.2 Å². The van der Waals surface area contributed by atoms with E-state index in [0.29, 0.717) is 35.7 Å². The molecule has 0 spiro atoms. The van der Waals surface area contributed by atoms with E-state index >= 15 is 0 Å². The van der Waals surface area contributed by atoms with E-state index in [1.165, 1.54) is 0 Å². The molecule has 3 N–H and O–H groups in total. The fraction of sp³-hybridized carbons (Fsp3) is 0.250. The number of nitrogens with zero attached hydrogens (tertiary/aromatic N) is 6. The Kier molecular flexibility index (Phi) is 6.75. The summed E-state index contributed by atoms with van der Waals surface area (Å²) < 4.78 is 43.2.